The van der Waals surface area contributed by atoms with Crippen LogP contribution in [0.15, 0.2) is 60.3 Å². The fraction of sp³-hybridized carbons (Fsp3) is 0.111. The molecule has 0 aliphatic carbocycles. The molecule has 1 N–H and O–H groups in total. The summed E-state index contributed by atoms with van der Waals surface area (Å²) in [5.41, 5.74) is 1.04. The summed E-state index contributed by atoms with van der Waals surface area (Å²) < 4.78 is 10.1. The molecule has 0 atom stereocenters. The smallest absolute Gasteiger partial charge is 0.412 e. The second kappa shape index (κ2) is 9.48. The minimum Gasteiger partial charge on any atom is -0.464 e. The Balaban J connectivity index is 2.08. The molecule has 8 nitrogen and oxygen atoms in total. The number of nitrogens with one attached hydrogen (secondary N) is 1. The van der Waals surface area contributed by atoms with E-state index in [9.17, 15) is 19.7 Å². The van der Waals surface area contributed by atoms with Gasteiger partial charge in [0.2, 0.25) is 0 Å². The Morgan fingerprint density at radius 2 is 1.74 bits per heavy atom. The minimum atomic E-state index is -0.873. The summed E-state index contributed by atoms with van der Waals surface area (Å²) in [6.07, 6.45) is -0.873. The molecule has 0 bridgehead atoms. The second-order valence-corrected chi connectivity index (χ2v) is 5.96. The lowest BCUT2D eigenvalue weighted by Crippen LogP contribution is -2.29. The topological polar surface area (TPSA) is 108 Å². The van der Waals surface area contributed by atoms with Crippen LogP contribution in [0.2, 0.25) is 0 Å². The molecule has 0 fully saturated rings. The van der Waals surface area contributed by atoms with Crippen molar-refractivity contribution in [2.45, 2.75) is 6.61 Å². The van der Waals surface area contributed by atoms with Crippen molar-refractivity contribution in [2.24, 2.45) is 0 Å². The van der Waals surface area contributed by atoms with Gasteiger partial charge in [0.15, 0.2) is 0 Å². The summed E-state index contributed by atoms with van der Waals surface area (Å²) in [5.74, 6) is -0.752. The molecule has 0 aliphatic heterocycles. The minimum absolute atomic E-state index is 0.0640. The van der Waals surface area contributed by atoms with Crippen LogP contribution in [0.1, 0.15) is 11.1 Å². The second-order valence-electron chi connectivity index (χ2n) is 5.17. The molecule has 2 rings (SSSR count). The van der Waals surface area contributed by atoms with Crippen LogP contribution in [0.3, 0.4) is 0 Å². The van der Waals surface area contributed by atoms with Gasteiger partial charge in [0.1, 0.15) is 12.3 Å². The largest absolute Gasteiger partial charge is 0.464 e. The molecule has 1 amide bonds. The lowest BCUT2D eigenvalue weighted by Gasteiger charge is -2.12. The molecule has 27 heavy (non-hydrogen) atoms. The molecule has 0 spiro atoms. The molecular weight excluding hydrogens is 420 g/mol. The molecule has 0 aromatic heterocycles. The molecule has 2 aromatic rings. The third-order valence-electron chi connectivity index (χ3n) is 3.38. The number of amides is 1. The molecule has 0 heterocycles. The van der Waals surface area contributed by atoms with Crippen molar-refractivity contribution in [3.05, 3.63) is 81.5 Å². The highest BCUT2D eigenvalue weighted by molar-refractivity contribution is 9.15. The number of benzene rings is 2. The zero-order chi connectivity index (χ0) is 19.8. The van der Waals surface area contributed by atoms with E-state index in [0.717, 1.165) is 0 Å². The zero-order valence-electron chi connectivity index (χ0n) is 14.2. The third-order valence-corrected chi connectivity index (χ3v) is 4.23. The van der Waals surface area contributed by atoms with Gasteiger partial charge in [-0.25, -0.2) is 9.59 Å². The summed E-state index contributed by atoms with van der Waals surface area (Å²) in [6, 6.07) is 14.4. The molecule has 0 saturated carbocycles. The number of carbonyl (C=O) groups is 2. The van der Waals surface area contributed by atoms with Crippen molar-refractivity contribution in [2.75, 3.05) is 7.11 Å². The average Bonchev–Trinajstić information content (AvgIpc) is 2.70. The van der Waals surface area contributed by atoms with Crippen molar-refractivity contribution in [1.29, 1.82) is 0 Å². The molecule has 9 heteroatoms. The standard InChI is InChI=1S/C18H15BrN2O6/c1-26-17(22)16(15(19)13-5-3-2-4-6-13)20-18(23)27-11-12-7-9-14(10-8-12)21(24)25/h2-10H,11H2,1H3,(H,20,23)/b16-15-. The predicted molar refractivity (Wildman–Crippen MR) is 101 cm³/mol. The normalized spacial score (nSPS) is 11.2. The summed E-state index contributed by atoms with van der Waals surface area (Å²) in [5, 5.41) is 13.0. The van der Waals surface area contributed by atoms with Gasteiger partial charge >= 0.3 is 12.1 Å². The fourth-order valence-electron chi connectivity index (χ4n) is 2.03. The lowest BCUT2D eigenvalue weighted by molar-refractivity contribution is -0.384. The van der Waals surface area contributed by atoms with Crippen LogP contribution in [0.5, 0.6) is 0 Å². The number of nitro benzene ring substituents is 1. The van der Waals surface area contributed by atoms with E-state index < -0.39 is 17.0 Å². The van der Waals surface area contributed by atoms with Crippen molar-refractivity contribution in [3.63, 3.8) is 0 Å². The van der Waals surface area contributed by atoms with Crippen molar-refractivity contribution in [3.8, 4) is 0 Å². The van der Waals surface area contributed by atoms with E-state index in [2.05, 4.69) is 21.2 Å². The highest BCUT2D eigenvalue weighted by Gasteiger charge is 2.19. The zero-order valence-corrected chi connectivity index (χ0v) is 15.8. The van der Waals surface area contributed by atoms with E-state index in [1.165, 1.54) is 31.4 Å². The Labute approximate surface area is 163 Å². The number of rotatable bonds is 6. The van der Waals surface area contributed by atoms with Gasteiger partial charge in [-0.1, -0.05) is 30.3 Å². The first kappa shape index (κ1) is 20.1. The van der Waals surface area contributed by atoms with Crippen molar-refractivity contribution >= 4 is 38.2 Å². The fourth-order valence-corrected chi connectivity index (χ4v) is 2.55. The first-order valence-electron chi connectivity index (χ1n) is 7.63. The molecule has 2 aromatic carbocycles. The number of hydrogen-bond acceptors (Lipinski definition) is 6. The molecule has 0 radical (unpaired) electrons. The molecule has 0 aliphatic rings. The van der Waals surface area contributed by atoms with Crippen LogP contribution in [-0.2, 0) is 20.9 Å². The number of ether oxygens (including phenoxy) is 2. The van der Waals surface area contributed by atoms with E-state index in [-0.39, 0.29) is 18.0 Å². The summed E-state index contributed by atoms with van der Waals surface area (Å²) in [6.45, 7) is -0.124. The van der Waals surface area contributed by atoms with E-state index in [1.807, 2.05) is 6.07 Å². The van der Waals surface area contributed by atoms with Gasteiger partial charge in [-0.2, -0.15) is 0 Å². The highest BCUT2D eigenvalue weighted by Crippen LogP contribution is 2.24. The van der Waals surface area contributed by atoms with Gasteiger partial charge in [-0.05, 0) is 39.2 Å². The van der Waals surface area contributed by atoms with Gasteiger partial charge < -0.3 is 9.47 Å². The van der Waals surface area contributed by atoms with Gasteiger partial charge in [0.25, 0.3) is 5.69 Å². The molecule has 140 valence electrons. The van der Waals surface area contributed by atoms with E-state index >= 15 is 0 Å². The van der Waals surface area contributed by atoms with Gasteiger partial charge in [-0.3, -0.25) is 15.4 Å². The summed E-state index contributed by atoms with van der Waals surface area (Å²) in [4.78, 5) is 34.2. The number of hydrogen-bond donors (Lipinski definition) is 1. The first-order valence-corrected chi connectivity index (χ1v) is 8.42. The number of nitrogens with zero attached hydrogens (tertiary/aromatic N) is 1. The maximum atomic E-state index is 12.1. The van der Waals surface area contributed by atoms with Crippen LogP contribution in [0.25, 0.3) is 4.48 Å². The Morgan fingerprint density at radius 3 is 2.30 bits per heavy atom. The first-order chi connectivity index (χ1) is 12.9. The predicted octanol–water partition coefficient (Wildman–Crippen LogP) is 3.76. The SMILES string of the molecule is COC(=O)/C(NC(=O)OCc1ccc([N+](=O)[O-])cc1)=C(/Br)c1ccccc1. The molecule has 0 saturated heterocycles. The van der Waals surface area contributed by atoms with E-state index in [1.54, 1.807) is 24.3 Å². The summed E-state index contributed by atoms with van der Waals surface area (Å²) in [7, 11) is 1.19. The van der Waals surface area contributed by atoms with Gasteiger partial charge in [0, 0.05) is 12.1 Å². The van der Waals surface area contributed by atoms with Crippen molar-refractivity contribution in [1.82, 2.24) is 5.32 Å². The Bertz CT molecular complexity index is 865. The van der Waals surface area contributed by atoms with E-state index in [0.29, 0.717) is 15.6 Å². The molecular formula is C18H15BrN2O6. The van der Waals surface area contributed by atoms with E-state index in [4.69, 9.17) is 9.47 Å². The number of esters is 1. The summed E-state index contributed by atoms with van der Waals surface area (Å²) >= 11 is 3.28. The Morgan fingerprint density at radius 1 is 1.11 bits per heavy atom. The highest BCUT2D eigenvalue weighted by atomic mass is 79.9. The number of methoxy groups -OCH3 is 1. The van der Waals surface area contributed by atoms with Crippen LogP contribution < -0.4 is 5.32 Å². The Kier molecular flexibility index (Phi) is 7.07. The number of nitro groups is 1. The molecule has 0 unspecified atom stereocenters. The monoisotopic (exact) mass is 434 g/mol. The number of halogens is 1. The Hall–Kier alpha value is -3.20. The number of non-ortho nitro benzene ring substituents is 1. The van der Waals surface area contributed by atoms with Crippen LogP contribution in [0, 0.1) is 10.1 Å². The van der Waals surface area contributed by atoms with Crippen LogP contribution >= 0.6 is 15.9 Å². The quantitative estimate of drug-likeness (QED) is 0.321. The maximum Gasteiger partial charge on any atom is 0.412 e. The van der Waals surface area contributed by atoms with Crippen LogP contribution in [-0.4, -0.2) is 24.1 Å². The maximum absolute atomic E-state index is 12.1. The average molecular weight is 435 g/mol. The number of alkyl carbamates (subject to hydrolysis) is 1. The third kappa shape index (κ3) is 5.65. The number of carbonyl (C=O) groups excluding carboxylic acids is 2. The van der Waals surface area contributed by atoms with Gasteiger partial charge in [-0.15, -0.1) is 0 Å². The van der Waals surface area contributed by atoms with Crippen molar-refractivity contribution < 1.29 is 24.0 Å². The van der Waals surface area contributed by atoms with Crippen LogP contribution in [0.4, 0.5) is 10.5 Å². The lowest BCUT2D eigenvalue weighted by atomic mass is 10.2. The van der Waals surface area contributed by atoms with Gasteiger partial charge in [0.05, 0.1) is 16.5 Å².